The highest BCUT2D eigenvalue weighted by atomic mass is 16.2. The highest BCUT2D eigenvalue weighted by molar-refractivity contribution is 5.97. The summed E-state index contributed by atoms with van der Waals surface area (Å²) >= 11 is 0. The molecule has 0 heterocycles. The van der Waals surface area contributed by atoms with Crippen molar-refractivity contribution in [3.63, 3.8) is 0 Å². The summed E-state index contributed by atoms with van der Waals surface area (Å²) < 4.78 is 0. The number of hydrogen-bond donors (Lipinski definition) is 3. The van der Waals surface area contributed by atoms with Crippen molar-refractivity contribution in [1.29, 1.82) is 0 Å². The van der Waals surface area contributed by atoms with E-state index in [-0.39, 0.29) is 24.3 Å². The number of rotatable bonds is 7. The van der Waals surface area contributed by atoms with E-state index in [1.54, 1.807) is 30.3 Å². The fourth-order valence-electron chi connectivity index (χ4n) is 2.70. The molecule has 0 saturated carbocycles. The molecule has 2 rings (SSSR count). The van der Waals surface area contributed by atoms with Crippen LogP contribution in [0.5, 0.6) is 0 Å². The molecule has 1 atom stereocenters. The Morgan fingerprint density at radius 1 is 0.964 bits per heavy atom. The summed E-state index contributed by atoms with van der Waals surface area (Å²) in [6.07, 6.45) is 0.290. The van der Waals surface area contributed by atoms with Gasteiger partial charge in [0.2, 0.25) is 11.8 Å². The first kappa shape index (κ1) is 21.2. The van der Waals surface area contributed by atoms with E-state index in [1.165, 1.54) is 5.56 Å². The lowest BCUT2D eigenvalue weighted by molar-refractivity contribution is -0.126. The van der Waals surface area contributed by atoms with Gasteiger partial charge in [-0.1, -0.05) is 63.2 Å². The van der Waals surface area contributed by atoms with Crippen LogP contribution in [-0.2, 0) is 21.4 Å². The molecule has 28 heavy (non-hydrogen) atoms. The number of benzene rings is 2. The number of nitrogens with one attached hydrogen (secondary N) is 2. The standard InChI is InChI=1S/C22H27N3O3/c1-22(2,3)17-11-9-15(10-12-17)13-18(20(23)27)25-19(26)14-24-21(28)16-7-5-4-6-8-16/h4-12,18H,13-14H2,1-3H3,(H2,23,27)(H,24,28)(H,25,26)/t18-/m1/s1. The fourth-order valence-corrected chi connectivity index (χ4v) is 2.70. The van der Waals surface area contributed by atoms with Crippen LogP contribution in [0.1, 0.15) is 42.3 Å². The number of nitrogens with two attached hydrogens (primary N) is 1. The van der Waals surface area contributed by atoms with Crippen molar-refractivity contribution in [2.75, 3.05) is 6.54 Å². The van der Waals surface area contributed by atoms with Gasteiger partial charge >= 0.3 is 0 Å². The lowest BCUT2D eigenvalue weighted by Crippen LogP contribution is -2.49. The Kier molecular flexibility index (Phi) is 6.93. The molecule has 0 fully saturated rings. The molecule has 2 aromatic rings. The zero-order chi connectivity index (χ0) is 20.7. The minimum Gasteiger partial charge on any atom is -0.368 e. The summed E-state index contributed by atoms with van der Waals surface area (Å²) in [5, 5.41) is 5.12. The Morgan fingerprint density at radius 3 is 2.11 bits per heavy atom. The smallest absolute Gasteiger partial charge is 0.251 e. The minimum absolute atomic E-state index is 0.0345. The normalized spacial score (nSPS) is 12.1. The fraction of sp³-hybridized carbons (Fsp3) is 0.318. The zero-order valence-corrected chi connectivity index (χ0v) is 16.5. The SMILES string of the molecule is CC(C)(C)c1ccc(C[C@@H](NC(=O)CNC(=O)c2ccccc2)C(N)=O)cc1. The number of hydrogen-bond acceptors (Lipinski definition) is 3. The molecule has 0 aliphatic rings. The summed E-state index contributed by atoms with van der Waals surface area (Å²) in [4.78, 5) is 35.9. The van der Waals surface area contributed by atoms with Crippen LogP contribution >= 0.6 is 0 Å². The van der Waals surface area contributed by atoms with Gasteiger partial charge in [-0.3, -0.25) is 14.4 Å². The molecule has 2 aromatic carbocycles. The van der Waals surface area contributed by atoms with Gasteiger partial charge in [-0.25, -0.2) is 0 Å². The Morgan fingerprint density at radius 2 is 1.57 bits per heavy atom. The minimum atomic E-state index is -0.846. The first-order valence-electron chi connectivity index (χ1n) is 9.18. The molecule has 0 unspecified atom stereocenters. The van der Waals surface area contributed by atoms with E-state index in [4.69, 9.17) is 5.73 Å². The monoisotopic (exact) mass is 381 g/mol. The maximum absolute atomic E-state index is 12.1. The van der Waals surface area contributed by atoms with Crippen molar-refractivity contribution in [3.8, 4) is 0 Å². The molecule has 6 heteroatoms. The third-order valence-corrected chi connectivity index (χ3v) is 4.38. The maximum Gasteiger partial charge on any atom is 0.251 e. The van der Waals surface area contributed by atoms with Gasteiger partial charge in [0, 0.05) is 12.0 Å². The van der Waals surface area contributed by atoms with Gasteiger partial charge in [0.1, 0.15) is 6.04 Å². The van der Waals surface area contributed by atoms with E-state index < -0.39 is 17.9 Å². The number of carbonyl (C=O) groups is 3. The second kappa shape index (κ2) is 9.17. The molecular weight excluding hydrogens is 354 g/mol. The average molecular weight is 381 g/mol. The van der Waals surface area contributed by atoms with E-state index in [0.717, 1.165) is 5.56 Å². The largest absolute Gasteiger partial charge is 0.368 e. The summed E-state index contributed by atoms with van der Waals surface area (Å²) in [5.74, 6) is -1.45. The molecule has 0 aliphatic carbocycles. The highest BCUT2D eigenvalue weighted by Gasteiger charge is 2.20. The number of amides is 3. The Bertz CT molecular complexity index is 824. The molecule has 0 bridgehead atoms. The topological polar surface area (TPSA) is 101 Å². The lowest BCUT2D eigenvalue weighted by atomic mass is 9.86. The van der Waals surface area contributed by atoms with E-state index in [0.29, 0.717) is 5.56 Å². The van der Waals surface area contributed by atoms with E-state index in [1.807, 2.05) is 24.3 Å². The van der Waals surface area contributed by atoms with Crippen molar-refractivity contribution >= 4 is 17.7 Å². The van der Waals surface area contributed by atoms with Gasteiger partial charge in [-0.15, -0.1) is 0 Å². The summed E-state index contributed by atoms with van der Waals surface area (Å²) in [7, 11) is 0. The molecule has 0 aromatic heterocycles. The molecule has 148 valence electrons. The van der Waals surface area contributed by atoms with Gasteiger partial charge < -0.3 is 16.4 Å². The van der Waals surface area contributed by atoms with Gasteiger partial charge in [0.15, 0.2) is 0 Å². The van der Waals surface area contributed by atoms with E-state index >= 15 is 0 Å². The molecule has 0 aliphatic heterocycles. The van der Waals surface area contributed by atoms with Crippen LogP contribution < -0.4 is 16.4 Å². The molecule has 4 N–H and O–H groups in total. The van der Waals surface area contributed by atoms with Gasteiger partial charge in [-0.05, 0) is 28.7 Å². The van der Waals surface area contributed by atoms with Crippen molar-refractivity contribution in [3.05, 3.63) is 71.3 Å². The van der Waals surface area contributed by atoms with Crippen LogP contribution in [0.4, 0.5) is 0 Å². The van der Waals surface area contributed by atoms with Crippen LogP contribution in [0.3, 0.4) is 0 Å². The first-order chi connectivity index (χ1) is 13.2. The van der Waals surface area contributed by atoms with E-state index in [9.17, 15) is 14.4 Å². The van der Waals surface area contributed by atoms with E-state index in [2.05, 4.69) is 31.4 Å². The molecule has 0 spiro atoms. The molecule has 0 saturated heterocycles. The molecule has 0 radical (unpaired) electrons. The predicted octanol–water partition coefficient (Wildman–Crippen LogP) is 1.93. The third kappa shape index (κ3) is 6.23. The average Bonchev–Trinajstić information content (AvgIpc) is 2.66. The van der Waals surface area contributed by atoms with Gasteiger partial charge in [-0.2, -0.15) is 0 Å². The van der Waals surface area contributed by atoms with Gasteiger partial charge in [0.25, 0.3) is 5.91 Å². The van der Waals surface area contributed by atoms with Crippen LogP contribution in [0, 0.1) is 0 Å². The van der Waals surface area contributed by atoms with Crippen LogP contribution in [0.25, 0.3) is 0 Å². The Labute approximate surface area is 165 Å². The number of primary amides is 1. The summed E-state index contributed by atoms with van der Waals surface area (Å²) in [5.41, 5.74) is 8.01. The van der Waals surface area contributed by atoms with Crippen LogP contribution in [-0.4, -0.2) is 30.3 Å². The zero-order valence-electron chi connectivity index (χ0n) is 16.5. The molecule has 3 amide bonds. The summed E-state index contributed by atoms with van der Waals surface area (Å²) in [6.45, 7) is 6.13. The van der Waals surface area contributed by atoms with Crippen LogP contribution in [0.15, 0.2) is 54.6 Å². The maximum atomic E-state index is 12.1. The second-order valence-corrected chi connectivity index (χ2v) is 7.72. The number of carbonyl (C=O) groups excluding carboxylic acids is 3. The third-order valence-electron chi connectivity index (χ3n) is 4.38. The Hall–Kier alpha value is -3.15. The van der Waals surface area contributed by atoms with Crippen molar-refractivity contribution in [2.45, 2.75) is 38.6 Å². The van der Waals surface area contributed by atoms with Gasteiger partial charge in [0.05, 0.1) is 6.54 Å². The molecular formula is C22H27N3O3. The molecule has 6 nitrogen and oxygen atoms in total. The van der Waals surface area contributed by atoms with Crippen molar-refractivity contribution in [1.82, 2.24) is 10.6 Å². The van der Waals surface area contributed by atoms with Crippen molar-refractivity contribution < 1.29 is 14.4 Å². The highest BCUT2D eigenvalue weighted by Crippen LogP contribution is 2.22. The lowest BCUT2D eigenvalue weighted by Gasteiger charge is -2.20. The van der Waals surface area contributed by atoms with Crippen molar-refractivity contribution in [2.24, 2.45) is 5.73 Å². The first-order valence-corrected chi connectivity index (χ1v) is 9.18. The quantitative estimate of drug-likeness (QED) is 0.683. The summed E-state index contributed by atoms with van der Waals surface area (Å²) in [6, 6.07) is 15.6. The Balaban J connectivity index is 1.92. The predicted molar refractivity (Wildman–Crippen MR) is 109 cm³/mol. The van der Waals surface area contributed by atoms with Crippen LogP contribution in [0.2, 0.25) is 0 Å². The second-order valence-electron chi connectivity index (χ2n) is 7.72.